The fourth-order valence-electron chi connectivity index (χ4n) is 3.02. The molecule has 8 heteroatoms. The molecule has 1 aliphatic heterocycles. The summed E-state index contributed by atoms with van der Waals surface area (Å²) in [6, 6.07) is 18.0. The lowest BCUT2D eigenvalue weighted by atomic mass is 10.1. The van der Waals surface area contributed by atoms with Crippen LogP contribution < -0.4 is 0 Å². The van der Waals surface area contributed by atoms with E-state index in [-0.39, 0.29) is 22.8 Å². The molecule has 154 valence electrons. The monoisotopic (exact) mass is 433 g/mol. The third kappa shape index (κ3) is 4.34. The normalized spacial score (nSPS) is 15.0. The van der Waals surface area contributed by atoms with E-state index in [2.05, 4.69) is 0 Å². The number of nitrogens with zero attached hydrogens (tertiary/aromatic N) is 1. The lowest BCUT2D eigenvalue weighted by molar-refractivity contribution is -0.122. The van der Waals surface area contributed by atoms with Crippen LogP contribution in [0.3, 0.4) is 0 Å². The molecule has 1 fully saturated rings. The van der Waals surface area contributed by atoms with Gasteiger partial charge in [-0.1, -0.05) is 42.5 Å². The maximum atomic E-state index is 12.6. The molecule has 2 heterocycles. The summed E-state index contributed by atoms with van der Waals surface area (Å²) in [6.07, 6.45) is 1.43. The first-order chi connectivity index (χ1) is 14.9. The van der Waals surface area contributed by atoms with Crippen LogP contribution in [0.1, 0.15) is 26.5 Å². The van der Waals surface area contributed by atoms with Crippen LogP contribution in [-0.2, 0) is 4.79 Å². The summed E-state index contributed by atoms with van der Waals surface area (Å²) in [5, 5.41) is 8.60. The van der Waals surface area contributed by atoms with Gasteiger partial charge in [-0.3, -0.25) is 19.3 Å². The SMILES string of the molecule is O=C(O)c1cccc(-c2ccc(/C=C3/SC(=O)N(CC(=O)c4ccccc4)C3=O)o2)c1. The first kappa shape index (κ1) is 20.4. The van der Waals surface area contributed by atoms with Gasteiger partial charge in [0.15, 0.2) is 5.78 Å². The predicted molar refractivity (Wildman–Crippen MR) is 115 cm³/mol. The number of benzene rings is 2. The minimum Gasteiger partial charge on any atom is -0.478 e. The minimum absolute atomic E-state index is 0.125. The van der Waals surface area contributed by atoms with Gasteiger partial charge in [0.1, 0.15) is 11.5 Å². The number of carbonyl (C=O) groups is 4. The van der Waals surface area contributed by atoms with Gasteiger partial charge in [-0.05, 0) is 36.0 Å². The standard InChI is InChI=1S/C23H15NO6S/c25-18(14-5-2-1-3-6-14)13-24-21(26)20(31-23(24)29)12-17-9-10-19(30-17)15-7-4-8-16(11-15)22(27)28/h1-12H,13H2,(H,27,28)/b20-12+. The van der Waals surface area contributed by atoms with Crippen molar-refractivity contribution in [2.75, 3.05) is 6.54 Å². The van der Waals surface area contributed by atoms with Gasteiger partial charge in [0, 0.05) is 17.2 Å². The van der Waals surface area contributed by atoms with Crippen LogP contribution in [0, 0.1) is 0 Å². The number of hydrogen-bond donors (Lipinski definition) is 1. The van der Waals surface area contributed by atoms with E-state index in [4.69, 9.17) is 9.52 Å². The van der Waals surface area contributed by atoms with Gasteiger partial charge in [-0.15, -0.1) is 0 Å². The fraction of sp³-hybridized carbons (Fsp3) is 0.0435. The van der Waals surface area contributed by atoms with E-state index in [1.54, 1.807) is 54.6 Å². The van der Waals surface area contributed by atoms with Gasteiger partial charge in [0.05, 0.1) is 17.0 Å². The van der Waals surface area contributed by atoms with Crippen LogP contribution in [0.5, 0.6) is 0 Å². The van der Waals surface area contributed by atoms with Gasteiger partial charge in [-0.25, -0.2) is 4.79 Å². The molecular weight excluding hydrogens is 418 g/mol. The molecular formula is C23H15NO6S. The molecule has 0 atom stereocenters. The number of carbonyl (C=O) groups excluding carboxylic acids is 3. The Labute approximate surface area is 181 Å². The van der Waals surface area contributed by atoms with Crippen molar-refractivity contribution in [3.63, 3.8) is 0 Å². The van der Waals surface area contributed by atoms with E-state index in [1.807, 2.05) is 0 Å². The molecule has 0 aliphatic carbocycles. The number of amides is 2. The summed E-state index contributed by atoms with van der Waals surface area (Å²) in [5.41, 5.74) is 1.12. The maximum Gasteiger partial charge on any atom is 0.335 e. The Bertz CT molecular complexity index is 1230. The van der Waals surface area contributed by atoms with Crippen molar-refractivity contribution in [1.82, 2.24) is 4.90 Å². The van der Waals surface area contributed by atoms with Gasteiger partial charge >= 0.3 is 5.97 Å². The van der Waals surface area contributed by atoms with E-state index in [0.29, 0.717) is 22.6 Å². The Balaban J connectivity index is 1.52. The summed E-state index contributed by atoms with van der Waals surface area (Å²) in [7, 11) is 0. The smallest absolute Gasteiger partial charge is 0.335 e. The molecule has 7 nitrogen and oxygen atoms in total. The second kappa shape index (κ2) is 8.45. The molecule has 1 aliphatic rings. The lowest BCUT2D eigenvalue weighted by Gasteiger charge is -2.11. The Morgan fingerprint density at radius 2 is 1.71 bits per heavy atom. The lowest BCUT2D eigenvalue weighted by Crippen LogP contribution is -2.33. The molecule has 1 N–H and O–H groups in total. The van der Waals surface area contributed by atoms with E-state index >= 15 is 0 Å². The first-order valence-electron chi connectivity index (χ1n) is 9.19. The molecule has 2 aromatic carbocycles. The summed E-state index contributed by atoms with van der Waals surface area (Å²) in [4.78, 5) is 49.5. The molecule has 0 radical (unpaired) electrons. The van der Waals surface area contributed by atoms with Crippen molar-refractivity contribution >= 4 is 40.7 Å². The minimum atomic E-state index is -1.05. The molecule has 0 bridgehead atoms. The molecule has 0 unspecified atom stereocenters. The maximum absolute atomic E-state index is 12.6. The molecule has 3 aromatic rings. The highest BCUT2D eigenvalue weighted by Gasteiger charge is 2.36. The van der Waals surface area contributed by atoms with Gasteiger partial charge in [-0.2, -0.15) is 0 Å². The summed E-state index contributed by atoms with van der Waals surface area (Å²) >= 11 is 0.734. The van der Waals surface area contributed by atoms with Crippen molar-refractivity contribution in [1.29, 1.82) is 0 Å². The van der Waals surface area contributed by atoms with Crippen LogP contribution in [0.15, 0.2) is 76.1 Å². The molecule has 2 amide bonds. The number of thioether (sulfide) groups is 1. The van der Waals surface area contributed by atoms with E-state index in [0.717, 1.165) is 16.7 Å². The fourth-order valence-corrected chi connectivity index (χ4v) is 3.83. The number of carboxylic acid groups (broad SMARTS) is 1. The largest absolute Gasteiger partial charge is 0.478 e. The van der Waals surface area contributed by atoms with E-state index in [1.165, 1.54) is 18.2 Å². The van der Waals surface area contributed by atoms with E-state index in [9.17, 15) is 19.2 Å². The van der Waals surface area contributed by atoms with Crippen molar-refractivity contribution in [2.45, 2.75) is 0 Å². The van der Waals surface area contributed by atoms with Crippen molar-refractivity contribution in [2.24, 2.45) is 0 Å². The molecule has 1 saturated heterocycles. The highest BCUT2D eigenvalue weighted by molar-refractivity contribution is 8.18. The number of rotatable bonds is 6. The number of Topliss-reactive ketones (excluding diaryl/α,β-unsaturated/α-hetero) is 1. The summed E-state index contributed by atoms with van der Waals surface area (Å²) in [6.45, 7) is -0.336. The quantitative estimate of drug-likeness (QED) is 0.449. The van der Waals surface area contributed by atoms with Gasteiger partial charge in [0.2, 0.25) is 0 Å². The molecule has 4 rings (SSSR count). The molecule has 0 spiro atoms. The number of imide groups is 1. The zero-order chi connectivity index (χ0) is 22.0. The van der Waals surface area contributed by atoms with Crippen LogP contribution >= 0.6 is 11.8 Å². The van der Waals surface area contributed by atoms with Crippen molar-refractivity contribution < 1.29 is 28.7 Å². The molecule has 0 saturated carbocycles. The predicted octanol–water partition coefficient (Wildman–Crippen LogP) is 4.56. The third-order valence-electron chi connectivity index (χ3n) is 4.57. The first-order valence-corrected chi connectivity index (χ1v) is 10.0. The number of carboxylic acids is 1. The summed E-state index contributed by atoms with van der Waals surface area (Å²) < 4.78 is 5.70. The van der Waals surface area contributed by atoms with Crippen molar-refractivity contribution in [3.8, 4) is 11.3 Å². The number of hydrogen-bond acceptors (Lipinski definition) is 6. The number of furan rings is 1. The van der Waals surface area contributed by atoms with Crippen LogP contribution in [0.4, 0.5) is 4.79 Å². The van der Waals surface area contributed by atoms with Crippen LogP contribution in [0.2, 0.25) is 0 Å². The Morgan fingerprint density at radius 1 is 0.968 bits per heavy atom. The number of ketones is 1. The highest BCUT2D eigenvalue weighted by Crippen LogP contribution is 2.33. The molecule has 31 heavy (non-hydrogen) atoms. The van der Waals surface area contributed by atoms with Crippen molar-refractivity contribution in [3.05, 3.63) is 88.5 Å². The summed E-state index contributed by atoms with van der Waals surface area (Å²) in [5.74, 6) is -1.19. The van der Waals surface area contributed by atoms with Gasteiger partial charge in [0.25, 0.3) is 11.1 Å². The van der Waals surface area contributed by atoms with Gasteiger partial charge < -0.3 is 9.52 Å². The van der Waals surface area contributed by atoms with Crippen LogP contribution in [0.25, 0.3) is 17.4 Å². The highest BCUT2D eigenvalue weighted by atomic mass is 32.2. The van der Waals surface area contributed by atoms with Crippen LogP contribution in [-0.4, -0.2) is 39.5 Å². The zero-order valence-corrected chi connectivity index (χ0v) is 16.8. The second-order valence-electron chi connectivity index (χ2n) is 6.65. The average molecular weight is 433 g/mol. The Hall–Kier alpha value is -3.91. The Morgan fingerprint density at radius 3 is 2.45 bits per heavy atom. The second-order valence-corrected chi connectivity index (χ2v) is 7.64. The van der Waals surface area contributed by atoms with E-state index < -0.39 is 17.1 Å². The zero-order valence-electron chi connectivity index (χ0n) is 16.0. The third-order valence-corrected chi connectivity index (χ3v) is 5.47. The average Bonchev–Trinajstić information content (AvgIpc) is 3.35. The molecule has 1 aromatic heterocycles. The topological polar surface area (TPSA) is 105 Å². The Kier molecular flexibility index (Phi) is 5.55. The number of aromatic carboxylic acids is 1.